The first-order valence-electron chi connectivity index (χ1n) is 11.6. The van der Waals surface area contributed by atoms with E-state index in [4.69, 9.17) is 9.47 Å². The van der Waals surface area contributed by atoms with Crippen LogP contribution in [0.2, 0.25) is 0 Å². The Morgan fingerprint density at radius 3 is 3.12 bits per heavy atom. The first kappa shape index (κ1) is 20.2. The summed E-state index contributed by atoms with van der Waals surface area (Å²) in [7, 11) is 1.65. The predicted molar refractivity (Wildman–Crippen MR) is 129 cm³/mol. The summed E-state index contributed by atoms with van der Waals surface area (Å²) in [5, 5.41) is 12.6. The van der Waals surface area contributed by atoms with Crippen molar-refractivity contribution in [3.05, 3.63) is 35.1 Å². The van der Waals surface area contributed by atoms with Gasteiger partial charge in [-0.3, -0.25) is 9.89 Å². The number of ether oxygens (including phenoxy) is 2. The number of amides is 1. The van der Waals surface area contributed by atoms with Crippen LogP contribution in [0.5, 0.6) is 5.75 Å². The van der Waals surface area contributed by atoms with E-state index in [0.717, 1.165) is 64.9 Å². The van der Waals surface area contributed by atoms with Gasteiger partial charge in [-0.2, -0.15) is 5.10 Å². The molecular formula is C24H24N6O3S. The molecule has 0 spiro atoms. The number of methoxy groups -OCH3 is 1. The third-order valence-electron chi connectivity index (χ3n) is 7.39. The number of aryl methyl sites for hydroxylation is 1. The lowest BCUT2D eigenvalue weighted by Crippen LogP contribution is -2.45. The minimum Gasteiger partial charge on any atom is -0.494 e. The number of thiophene rings is 1. The molecule has 3 atom stereocenters. The number of aromatic nitrogens is 4. The van der Waals surface area contributed by atoms with Crippen LogP contribution in [0.3, 0.4) is 0 Å². The predicted octanol–water partition coefficient (Wildman–Crippen LogP) is 3.42. The van der Waals surface area contributed by atoms with E-state index < -0.39 is 0 Å². The molecule has 9 nitrogen and oxygen atoms in total. The third kappa shape index (κ3) is 3.08. The molecule has 2 fully saturated rings. The smallest absolute Gasteiger partial charge is 0.226 e. The summed E-state index contributed by atoms with van der Waals surface area (Å²) < 4.78 is 11.3. The van der Waals surface area contributed by atoms with Gasteiger partial charge in [0.1, 0.15) is 22.7 Å². The SMILES string of the molecule is COc1cc2[nH]ncc2cc1Nc1ncnc2sc3c(c12)CC[C@H](C(=O)N1C[C@@H]2C[C@H]1CO2)C3. The Morgan fingerprint density at radius 1 is 1.35 bits per heavy atom. The topological polar surface area (TPSA) is 105 Å². The molecule has 1 amide bonds. The van der Waals surface area contributed by atoms with Gasteiger partial charge in [-0.1, -0.05) is 0 Å². The van der Waals surface area contributed by atoms with Gasteiger partial charge in [0.15, 0.2) is 0 Å². The number of carbonyl (C=O) groups is 1. The summed E-state index contributed by atoms with van der Waals surface area (Å²) in [6.07, 6.45) is 7.09. The number of carbonyl (C=O) groups excluding carboxylic acids is 1. The van der Waals surface area contributed by atoms with E-state index in [1.165, 1.54) is 10.4 Å². The number of H-pyrrole nitrogens is 1. The van der Waals surface area contributed by atoms with Crippen molar-refractivity contribution >= 4 is 49.9 Å². The van der Waals surface area contributed by atoms with Crippen molar-refractivity contribution < 1.29 is 14.3 Å². The molecule has 3 aliphatic rings. The monoisotopic (exact) mass is 476 g/mol. The van der Waals surface area contributed by atoms with Gasteiger partial charge in [-0.15, -0.1) is 11.3 Å². The van der Waals surface area contributed by atoms with Gasteiger partial charge in [-0.05, 0) is 37.3 Å². The van der Waals surface area contributed by atoms with Crippen molar-refractivity contribution in [3.8, 4) is 5.75 Å². The number of hydrogen-bond acceptors (Lipinski definition) is 8. The van der Waals surface area contributed by atoms with Crippen LogP contribution in [0.1, 0.15) is 23.3 Å². The van der Waals surface area contributed by atoms with Crippen LogP contribution in [-0.4, -0.2) is 63.4 Å². The zero-order valence-electron chi connectivity index (χ0n) is 18.7. The van der Waals surface area contributed by atoms with E-state index >= 15 is 0 Å². The van der Waals surface area contributed by atoms with Crippen LogP contribution in [0, 0.1) is 5.92 Å². The maximum absolute atomic E-state index is 13.3. The Balaban J connectivity index is 1.20. The standard InChI is InChI=1S/C24H24N6O3S/c1-32-19-7-17-13(8-27-29-17)4-18(19)28-22-21-16-3-2-12(5-20(16)34-23(21)26-11-25-22)24(31)30-9-15-6-14(30)10-33-15/h4,7-8,11-12,14-15H,2-3,5-6,9-10H2,1H3,(H,27,29)(H,25,26,28)/t12-,14-,15-/m0/s1. The summed E-state index contributed by atoms with van der Waals surface area (Å²) >= 11 is 1.68. The van der Waals surface area contributed by atoms with E-state index in [1.807, 2.05) is 12.1 Å². The fraction of sp³-hybridized carbons (Fsp3) is 0.417. The molecule has 34 heavy (non-hydrogen) atoms. The highest BCUT2D eigenvalue weighted by Crippen LogP contribution is 2.42. The molecule has 3 aromatic heterocycles. The molecule has 0 unspecified atom stereocenters. The zero-order chi connectivity index (χ0) is 22.8. The number of aromatic amines is 1. The molecule has 1 aliphatic carbocycles. The summed E-state index contributed by atoms with van der Waals surface area (Å²) in [5.41, 5.74) is 3.00. The molecule has 4 aromatic rings. The van der Waals surface area contributed by atoms with Gasteiger partial charge >= 0.3 is 0 Å². The number of anilines is 2. The lowest BCUT2D eigenvalue weighted by molar-refractivity contribution is -0.140. The minimum atomic E-state index is 0.0351. The van der Waals surface area contributed by atoms with Gasteiger partial charge in [0.2, 0.25) is 5.91 Å². The van der Waals surface area contributed by atoms with Gasteiger partial charge < -0.3 is 19.7 Å². The summed E-state index contributed by atoms with van der Waals surface area (Å²) in [6, 6.07) is 4.20. The molecule has 174 valence electrons. The first-order chi connectivity index (χ1) is 16.7. The second-order valence-electron chi connectivity index (χ2n) is 9.32. The average molecular weight is 477 g/mol. The molecule has 5 heterocycles. The first-order valence-corrected chi connectivity index (χ1v) is 12.4. The molecule has 0 radical (unpaired) electrons. The van der Waals surface area contributed by atoms with Crippen molar-refractivity contribution in [2.24, 2.45) is 5.92 Å². The van der Waals surface area contributed by atoms with Crippen LogP contribution in [0.25, 0.3) is 21.1 Å². The number of nitrogens with one attached hydrogen (secondary N) is 2. The molecule has 2 N–H and O–H groups in total. The van der Waals surface area contributed by atoms with Crippen molar-refractivity contribution in [2.45, 2.75) is 37.8 Å². The van der Waals surface area contributed by atoms with Crippen LogP contribution >= 0.6 is 11.3 Å². The second-order valence-corrected chi connectivity index (χ2v) is 10.4. The second kappa shape index (κ2) is 7.64. The lowest BCUT2D eigenvalue weighted by Gasteiger charge is -2.32. The van der Waals surface area contributed by atoms with Gasteiger partial charge in [0, 0.05) is 28.8 Å². The van der Waals surface area contributed by atoms with Crippen molar-refractivity contribution in [2.75, 3.05) is 25.6 Å². The molecular weight excluding hydrogens is 452 g/mol. The summed E-state index contributed by atoms with van der Waals surface area (Å²) in [5.74, 6) is 1.80. The lowest BCUT2D eigenvalue weighted by atomic mass is 9.86. The van der Waals surface area contributed by atoms with E-state index in [1.54, 1.807) is 31.0 Å². The largest absolute Gasteiger partial charge is 0.494 e. The minimum absolute atomic E-state index is 0.0351. The van der Waals surface area contributed by atoms with E-state index in [0.29, 0.717) is 18.3 Å². The Bertz CT molecular complexity index is 1430. The molecule has 2 aliphatic heterocycles. The Morgan fingerprint density at radius 2 is 2.29 bits per heavy atom. The van der Waals surface area contributed by atoms with Gasteiger partial charge in [-0.25, -0.2) is 9.97 Å². The highest BCUT2D eigenvalue weighted by atomic mass is 32.1. The Hall–Kier alpha value is -3.24. The zero-order valence-corrected chi connectivity index (χ0v) is 19.5. The van der Waals surface area contributed by atoms with Gasteiger partial charge in [0.25, 0.3) is 0 Å². The fourth-order valence-electron chi connectivity index (χ4n) is 5.69. The number of nitrogens with zero attached hydrogens (tertiary/aromatic N) is 4. The van der Waals surface area contributed by atoms with Crippen LogP contribution in [0.4, 0.5) is 11.5 Å². The van der Waals surface area contributed by atoms with Crippen LogP contribution < -0.4 is 10.1 Å². The molecule has 2 bridgehead atoms. The third-order valence-corrected chi connectivity index (χ3v) is 8.55. The number of rotatable bonds is 4. The van der Waals surface area contributed by atoms with Crippen molar-refractivity contribution in [1.82, 2.24) is 25.1 Å². The maximum Gasteiger partial charge on any atom is 0.226 e. The Kier molecular flexibility index (Phi) is 4.53. The number of benzene rings is 1. The maximum atomic E-state index is 13.3. The number of fused-ring (bicyclic) bond motifs is 6. The van der Waals surface area contributed by atoms with Crippen molar-refractivity contribution in [3.63, 3.8) is 0 Å². The summed E-state index contributed by atoms with van der Waals surface area (Å²) in [6.45, 7) is 1.44. The number of hydrogen-bond donors (Lipinski definition) is 2. The molecule has 10 heteroatoms. The highest BCUT2D eigenvalue weighted by molar-refractivity contribution is 7.19. The van der Waals surface area contributed by atoms with E-state index in [9.17, 15) is 4.79 Å². The number of likely N-dealkylation sites (tertiary alicyclic amines) is 1. The molecule has 1 aromatic carbocycles. The van der Waals surface area contributed by atoms with E-state index in [-0.39, 0.29) is 18.1 Å². The van der Waals surface area contributed by atoms with E-state index in [2.05, 4.69) is 30.4 Å². The Labute approximate surface area is 199 Å². The quantitative estimate of drug-likeness (QED) is 0.465. The van der Waals surface area contributed by atoms with Crippen LogP contribution in [-0.2, 0) is 22.4 Å². The highest BCUT2D eigenvalue weighted by Gasteiger charge is 2.43. The van der Waals surface area contributed by atoms with Gasteiger partial charge in [0.05, 0.1) is 48.6 Å². The average Bonchev–Trinajstić information content (AvgIpc) is 3.65. The van der Waals surface area contributed by atoms with Crippen molar-refractivity contribution in [1.29, 1.82) is 0 Å². The summed E-state index contributed by atoms with van der Waals surface area (Å²) in [4.78, 5) is 26.7. The molecule has 7 rings (SSSR count). The van der Waals surface area contributed by atoms with Crippen LogP contribution in [0.15, 0.2) is 24.7 Å². The molecule has 0 saturated carbocycles. The molecule has 2 saturated heterocycles. The number of morpholine rings is 1. The normalized spacial score (nSPS) is 23.6. The fourth-order valence-corrected chi connectivity index (χ4v) is 6.95.